The number of benzene rings is 2. The molecule has 4 nitrogen and oxygen atoms in total. The van der Waals surface area contributed by atoms with Crippen LogP contribution in [-0.4, -0.2) is 24.5 Å². The van der Waals surface area contributed by atoms with E-state index in [0.717, 1.165) is 29.2 Å². The fraction of sp³-hybridized carbons (Fsp3) is 0.300. The van der Waals surface area contributed by atoms with Crippen LogP contribution in [0.1, 0.15) is 31.2 Å². The number of hydrogen-bond acceptors (Lipinski definition) is 3. The Kier molecular flexibility index (Phi) is 4.65. The van der Waals surface area contributed by atoms with Gasteiger partial charge in [-0.3, -0.25) is 4.79 Å². The van der Waals surface area contributed by atoms with Gasteiger partial charge in [-0.05, 0) is 35.3 Å². The van der Waals surface area contributed by atoms with E-state index in [9.17, 15) is 9.59 Å². The summed E-state index contributed by atoms with van der Waals surface area (Å²) in [6.07, 6.45) is 6.38. The smallest absolute Gasteiger partial charge is 0.331 e. The summed E-state index contributed by atoms with van der Waals surface area (Å²) in [5.41, 5.74) is 0.108. The van der Waals surface area contributed by atoms with Gasteiger partial charge in [0.15, 0.2) is 0 Å². The second-order valence-electron chi connectivity index (χ2n) is 6.17. The summed E-state index contributed by atoms with van der Waals surface area (Å²) in [4.78, 5) is 24.4. The van der Waals surface area contributed by atoms with Crippen molar-refractivity contribution in [2.75, 3.05) is 7.11 Å². The van der Waals surface area contributed by atoms with E-state index in [-0.39, 0.29) is 11.9 Å². The van der Waals surface area contributed by atoms with Crippen LogP contribution < -0.4 is 5.32 Å². The van der Waals surface area contributed by atoms with Gasteiger partial charge in [0.25, 0.3) is 0 Å². The largest absolute Gasteiger partial charge is 0.467 e. The monoisotopic (exact) mass is 323 g/mol. The van der Waals surface area contributed by atoms with Crippen molar-refractivity contribution in [1.29, 1.82) is 0 Å². The lowest BCUT2D eigenvalue weighted by Gasteiger charge is -2.26. The van der Waals surface area contributed by atoms with Crippen molar-refractivity contribution in [3.05, 3.63) is 54.1 Å². The number of methoxy groups -OCH3 is 1. The maximum Gasteiger partial charge on any atom is 0.331 e. The van der Waals surface area contributed by atoms with Gasteiger partial charge in [0, 0.05) is 6.08 Å². The van der Waals surface area contributed by atoms with Crippen LogP contribution in [0.4, 0.5) is 0 Å². The molecular weight excluding hydrogens is 302 g/mol. The van der Waals surface area contributed by atoms with Gasteiger partial charge in [-0.25, -0.2) is 4.79 Å². The molecule has 0 heterocycles. The number of fused-ring (bicyclic) bond motifs is 1. The van der Waals surface area contributed by atoms with Gasteiger partial charge in [-0.2, -0.15) is 0 Å². The molecule has 124 valence electrons. The molecular formula is C20H21NO3. The molecule has 4 heteroatoms. The topological polar surface area (TPSA) is 55.4 Å². The number of carbonyl (C=O) groups is 2. The van der Waals surface area contributed by atoms with Crippen molar-refractivity contribution in [3.8, 4) is 0 Å². The molecule has 0 bridgehead atoms. The Labute approximate surface area is 141 Å². The Morgan fingerprint density at radius 2 is 1.79 bits per heavy atom. The van der Waals surface area contributed by atoms with Gasteiger partial charge in [-0.1, -0.05) is 55.3 Å². The number of rotatable bonds is 4. The van der Waals surface area contributed by atoms with Gasteiger partial charge in [0.05, 0.1) is 7.11 Å². The van der Waals surface area contributed by atoms with E-state index < -0.39 is 5.54 Å². The highest BCUT2D eigenvalue weighted by atomic mass is 16.5. The van der Waals surface area contributed by atoms with E-state index in [1.807, 2.05) is 42.5 Å². The number of nitrogens with one attached hydrogen (secondary N) is 1. The average molecular weight is 323 g/mol. The van der Waals surface area contributed by atoms with E-state index >= 15 is 0 Å². The lowest BCUT2D eigenvalue weighted by molar-refractivity contribution is -0.150. The second kappa shape index (κ2) is 6.87. The zero-order chi connectivity index (χ0) is 17.0. The minimum absolute atomic E-state index is 0.268. The zero-order valence-electron chi connectivity index (χ0n) is 13.7. The molecule has 0 aliphatic heterocycles. The van der Waals surface area contributed by atoms with Crippen LogP contribution in [0.5, 0.6) is 0 Å². The summed E-state index contributed by atoms with van der Waals surface area (Å²) < 4.78 is 4.88. The van der Waals surface area contributed by atoms with Crippen LogP contribution >= 0.6 is 0 Å². The summed E-state index contributed by atoms with van der Waals surface area (Å²) in [6, 6.07) is 14.0. The Bertz CT molecular complexity index is 783. The SMILES string of the molecule is COC(=O)C1(NC(=O)/C=C/c2cccc3ccccc23)CCCC1. The minimum Gasteiger partial charge on any atom is -0.467 e. The Hall–Kier alpha value is -2.62. The molecule has 24 heavy (non-hydrogen) atoms. The molecule has 2 aromatic rings. The highest BCUT2D eigenvalue weighted by molar-refractivity contribution is 5.99. The number of amides is 1. The first-order chi connectivity index (χ1) is 11.6. The van der Waals surface area contributed by atoms with Crippen LogP contribution in [0.25, 0.3) is 16.8 Å². The third kappa shape index (κ3) is 3.18. The van der Waals surface area contributed by atoms with Gasteiger partial charge < -0.3 is 10.1 Å². The van der Waals surface area contributed by atoms with Crippen molar-refractivity contribution >= 4 is 28.7 Å². The Balaban J connectivity index is 1.78. The molecule has 3 rings (SSSR count). The van der Waals surface area contributed by atoms with Crippen molar-refractivity contribution in [2.45, 2.75) is 31.2 Å². The van der Waals surface area contributed by atoms with E-state index in [1.54, 1.807) is 6.08 Å². The minimum atomic E-state index is -0.866. The first-order valence-electron chi connectivity index (χ1n) is 8.21. The van der Waals surface area contributed by atoms with Crippen LogP contribution in [0.3, 0.4) is 0 Å². The molecule has 2 aromatic carbocycles. The molecule has 1 N–H and O–H groups in total. The first-order valence-corrected chi connectivity index (χ1v) is 8.21. The van der Waals surface area contributed by atoms with E-state index in [1.165, 1.54) is 13.2 Å². The van der Waals surface area contributed by atoms with Crippen LogP contribution in [-0.2, 0) is 14.3 Å². The summed E-state index contributed by atoms with van der Waals surface area (Å²) in [6.45, 7) is 0. The number of carbonyl (C=O) groups excluding carboxylic acids is 2. The maximum atomic E-state index is 12.3. The number of hydrogen-bond donors (Lipinski definition) is 1. The molecule has 1 aliphatic rings. The highest BCUT2D eigenvalue weighted by Gasteiger charge is 2.43. The molecule has 0 spiro atoms. The molecule has 1 amide bonds. The molecule has 1 fully saturated rings. The van der Waals surface area contributed by atoms with Crippen LogP contribution in [0, 0.1) is 0 Å². The zero-order valence-corrected chi connectivity index (χ0v) is 13.7. The van der Waals surface area contributed by atoms with Crippen molar-refractivity contribution in [1.82, 2.24) is 5.32 Å². The van der Waals surface area contributed by atoms with Gasteiger partial charge >= 0.3 is 5.97 Å². The average Bonchev–Trinajstić information content (AvgIpc) is 3.08. The quantitative estimate of drug-likeness (QED) is 0.692. The molecule has 0 aromatic heterocycles. The molecule has 1 saturated carbocycles. The van der Waals surface area contributed by atoms with Gasteiger partial charge in [-0.15, -0.1) is 0 Å². The first kappa shape index (κ1) is 16.2. The lowest BCUT2D eigenvalue weighted by Crippen LogP contribution is -2.52. The van der Waals surface area contributed by atoms with E-state index in [2.05, 4.69) is 5.32 Å². The summed E-state index contributed by atoms with van der Waals surface area (Å²) in [5.74, 6) is -0.623. The maximum absolute atomic E-state index is 12.3. The molecule has 0 unspecified atom stereocenters. The molecule has 0 saturated heterocycles. The number of ether oxygens (including phenoxy) is 1. The van der Waals surface area contributed by atoms with Crippen LogP contribution in [0.15, 0.2) is 48.5 Å². The van der Waals surface area contributed by atoms with Crippen molar-refractivity contribution < 1.29 is 14.3 Å². The Morgan fingerprint density at radius 1 is 1.08 bits per heavy atom. The fourth-order valence-electron chi connectivity index (χ4n) is 3.39. The third-order valence-electron chi connectivity index (χ3n) is 4.63. The summed E-state index contributed by atoms with van der Waals surface area (Å²) in [7, 11) is 1.36. The fourth-order valence-corrected chi connectivity index (χ4v) is 3.39. The van der Waals surface area contributed by atoms with Crippen molar-refractivity contribution in [2.24, 2.45) is 0 Å². The van der Waals surface area contributed by atoms with Gasteiger partial charge in [0.2, 0.25) is 5.91 Å². The van der Waals surface area contributed by atoms with Gasteiger partial charge in [0.1, 0.15) is 5.54 Å². The summed E-state index contributed by atoms with van der Waals surface area (Å²) in [5, 5.41) is 5.08. The van der Waals surface area contributed by atoms with E-state index in [0.29, 0.717) is 12.8 Å². The predicted octanol–water partition coefficient (Wildman–Crippen LogP) is 3.46. The third-order valence-corrected chi connectivity index (χ3v) is 4.63. The Morgan fingerprint density at radius 3 is 2.54 bits per heavy atom. The normalized spacial score (nSPS) is 16.4. The standard InChI is InChI=1S/C20H21NO3/c1-24-19(23)20(13-4-5-14-20)21-18(22)12-11-16-9-6-8-15-7-2-3-10-17(15)16/h2-3,6-12H,4-5,13-14H2,1H3,(H,21,22)/b12-11+. The molecule has 1 aliphatic carbocycles. The highest BCUT2D eigenvalue weighted by Crippen LogP contribution is 2.30. The van der Waals surface area contributed by atoms with E-state index in [4.69, 9.17) is 4.74 Å². The second-order valence-corrected chi connectivity index (χ2v) is 6.17. The summed E-state index contributed by atoms with van der Waals surface area (Å²) >= 11 is 0. The van der Waals surface area contributed by atoms with Crippen LogP contribution in [0.2, 0.25) is 0 Å². The molecule has 0 atom stereocenters. The predicted molar refractivity (Wildman–Crippen MR) is 94.3 cm³/mol. The molecule has 0 radical (unpaired) electrons. The number of esters is 1. The lowest BCUT2D eigenvalue weighted by atomic mass is 9.97. The van der Waals surface area contributed by atoms with Crippen molar-refractivity contribution in [3.63, 3.8) is 0 Å².